The van der Waals surface area contributed by atoms with Crippen LogP contribution in [-0.2, 0) is 4.74 Å². The largest absolute Gasteiger partial charge is 0.493 e. The maximum absolute atomic E-state index is 5.79. The van der Waals surface area contributed by atoms with E-state index < -0.39 is 0 Å². The van der Waals surface area contributed by atoms with Crippen molar-refractivity contribution < 1.29 is 9.47 Å². The lowest BCUT2D eigenvalue weighted by Gasteiger charge is -2.37. The molecule has 0 aromatic heterocycles. The Morgan fingerprint density at radius 3 is 2.82 bits per heavy atom. The van der Waals surface area contributed by atoms with Crippen molar-refractivity contribution in [2.75, 3.05) is 38.6 Å². The Bertz CT molecular complexity index is 402. The van der Waals surface area contributed by atoms with E-state index in [0.29, 0.717) is 6.04 Å². The lowest BCUT2D eigenvalue weighted by molar-refractivity contribution is 0.00709. The molecule has 1 aromatic carbocycles. The minimum absolute atomic E-state index is 0.461. The summed E-state index contributed by atoms with van der Waals surface area (Å²) in [7, 11) is 0. The van der Waals surface area contributed by atoms with E-state index in [1.165, 1.54) is 5.56 Å². The van der Waals surface area contributed by atoms with E-state index >= 15 is 0 Å². The van der Waals surface area contributed by atoms with Crippen LogP contribution < -0.4 is 10.5 Å². The van der Waals surface area contributed by atoms with Crippen LogP contribution in [0.25, 0.3) is 0 Å². The number of morpholine rings is 1. The first-order valence-corrected chi connectivity index (χ1v) is 6.18. The topological polar surface area (TPSA) is 47.7 Å². The summed E-state index contributed by atoms with van der Waals surface area (Å²) in [4.78, 5) is 2.49. The third kappa shape index (κ3) is 2.10. The van der Waals surface area contributed by atoms with Crippen LogP contribution in [0.2, 0.25) is 0 Å². The maximum Gasteiger partial charge on any atom is 0.126 e. The second-order valence-electron chi connectivity index (χ2n) is 4.60. The second-order valence-corrected chi connectivity index (χ2v) is 4.60. The maximum atomic E-state index is 5.79. The van der Waals surface area contributed by atoms with Crippen molar-refractivity contribution in [1.82, 2.24) is 4.90 Å². The van der Waals surface area contributed by atoms with Crippen LogP contribution in [0.15, 0.2) is 18.2 Å². The number of fused-ring (bicyclic) bond motifs is 1. The molecule has 17 heavy (non-hydrogen) atoms. The van der Waals surface area contributed by atoms with Crippen LogP contribution in [0, 0.1) is 0 Å². The highest BCUT2D eigenvalue weighted by molar-refractivity contribution is 5.50. The van der Waals surface area contributed by atoms with E-state index in [9.17, 15) is 0 Å². The first-order chi connectivity index (χ1) is 8.34. The van der Waals surface area contributed by atoms with Crippen molar-refractivity contribution in [3.8, 4) is 5.75 Å². The highest BCUT2D eigenvalue weighted by atomic mass is 16.5. The van der Waals surface area contributed by atoms with Gasteiger partial charge in [0.15, 0.2) is 0 Å². The summed E-state index contributed by atoms with van der Waals surface area (Å²) in [6.45, 7) is 4.46. The summed E-state index contributed by atoms with van der Waals surface area (Å²) in [5, 5.41) is 0. The minimum Gasteiger partial charge on any atom is -0.493 e. The van der Waals surface area contributed by atoms with Crippen LogP contribution >= 0.6 is 0 Å². The fourth-order valence-corrected chi connectivity index (χ4v) is 2.66. The molecule has 0 saturated carbocycles. The van der Waals surface area contributed by atoms with E-state index in [1.54, 1.807) is 0 Å². The molecule has 1 atom stereocenters. The first-order valence-electron chi connectivity index (χ1n) is 6.18. The number of nitrogens with zero attached hydrogens (tertiary/aromatic N) is 1. The van der Waals surface area contributed by atoms with Crippen LogP contribution in [0.3, 0.4) is 0 Å². The van der Waals surface area contributed by atoms with Gasteiger partial charge in [0, 0.05) is 42.9 Å². The quantitative estimate of drug-likeness (QED) is 0.747. The number of hydrogen-bond acceptors (Lipinski definition) is 4. The monoisotopic (exact) mass is 234 g/mol. The standard InChI is InChI=1S/C13H18N2O2/c14-10-1-2-11-12(3-6-17-13(11)9-10)15-4-7-16-8-5-15/h1-2,9,12H,3-8,14H2. The number of benzene rings is 1. The minimum atomic E-state index is 0.461. The molecule has 3 rings (SSSR count). The summed E-state index contributed by atoms with van der Waals surface area (Å²) in [6, 6.07) is 6.45. The van der Waals surface area contributed by atoms with E-state index in [2.05, 4.69) is 11.0 Å². The van der Waals surface area contributed by atoms with Crippen LogP contribution in [-0.4, -0.2) is 37.8 Å². The van der Waals surface area contributed by atoms with E-state index in [1.807, 2.05) is 12.1 Å². The smallest absolute Gasteiger partial charge is 0.126 e. The molecule has 2 aliphatic heterocycles. The molecule has 1 aromatic rings. The molecule has 0 amide bonds. The number of nitrogen functional groups attached to an aromatic ring is 1. The van der Waals surface area contributed by atoms with Crippen LogP contribution in [0.5, 0.6) is 5.75 Å². The van der Waals surface area contributed by atoms with Gasteiger partial charge in [0.25, 0.3) is 0 Å². The van der Waals surface area contributed by atoms with Gasteiger partial charge >= 0.3 is 0 Å². The molecule has 4 nitrogen and oxygen atoms in total. The fraction of sp³-hybridized carbons (Fsp3) is 0.538. The molecule has 0 aliphatic carbocycles. The number of anilines is 1. The summed E-state index contributed by atoms with van der Waals surface area (Å²) >= 11 is 0. The van der Waals surface area contributed by atoms with Gasteiger partial charge in [-0.05, 0) is 6.07 Å². The Morgan fingerprint density at radius 2 is 2.00 bits per heavy atom. The summed E-state index contributed by atoms with van der Waals surface area (Å²) in [5.41, 5.74) is 7.83. The Labute approximate surface area is 101 Å². The van der Waals surface area contributed by atoms with E-state index in [4.69, 9.17) is 15.2 Å². The molecular weight excluding hydrogens is 216 g/mol. The predicted molar refractivity (Wildman–Crippen MR) is 66.1 cm³/mol. The molecule has 92 valence electrons. The average molecular weight is 234 g/mol. The zero-order valence-corrected chi connectivity index (χ0v) is 9.89. The molecule has 0 bridgehead atoms. The molecule has 2 N–H and O–H groups in total. The Morgan fingerprint density at radius 1 is 1.18 bits per heavy atom. The highest BCUT2D eigenvalue weighted by Gasteiger charge is 2.28. The normalized spacial score (nSPS) is 25.1. The Kier molecular flexibility index (Phi) is 2.91. The Balaban J connectivity index is 1.88. The van der Waals surface area contributed by atoms with E-state index in [-0.39, 0.29) is 0 Å². The number of nitrogens with two attached hydrogens (primary N) is 1. The van der Waals surface area contributed by atoms with Gasteiger partial charge in [-0.1, -0.05) is 6.07 Å². The molecule has 0 radical (unpaired) electrons. The highest BCUT2D eigenvalue weighted by Crippen LogP contribution is 2.37. The molecule has 2 aliphatic rings. The van der Waals surface area contributed by atoms with Gasteiger partial charge in [-0.2, -0.15) is 0 Å². The summed E-state index contributed by atoms with van der Waals surface area (Å²) in [6.07, 6.45) is 1.05. The van der Waals surface area contributed by atoms with Gasteiger partial charge < -0.3 is 15.2 Å². The summed E-state index contributed by atoms with van der Waals surface area (Å²) < 4.78 is 11.1. The molecule has 2 heterocycles. The molecule has 1 unspecified atom stereocenters. The van der Waals surface area contributed by atoms with Gasteiger partial charge in [-0.3, -0.25) is 4.90 Å². The molecule has 0 spiro atoms. The molecule has 1 fully saturated rings. The molecule has 4 heteroatoms. The van der Waals surface area contributed by atoms with Crippen molar-refractivity contribution in [2.24, 2.45) is 0 Å². The molecular formula is C13H18N2O2. The van der Waals surface area contributed by atoms with Gasteiger partial charge in [-0.25, -0.2) is 0 Å². The number of hydrogen-bond donors (Lipinski definition) is 1. The SMILES string of the molecule is Nc1ccc2c(c1)OCCC2N1CCOCC1. The van der Waals surface area contributed by atoms with Crippen molar-refractivity contribution in [3.63, 3.8) is 0 Å². The summed E-state index contributed by atoms with van der Waals surface area (Å²) in [5.74, 6) is 0.952. The third-order valence-corrected chi connectivity index (χ3v) is 3.53. The van der Waals surface area contributed by atoms with Crippen LogP contribution in [0.1, 0.15) is 18.0 Å². The zero-order chi connectivity index (χ0) is 11.7. The molecule has 1 saturated heterocycles. The lowest BCUT2D eigenvalue weighted by Crippen LogP contribution is -2.40. The average Bonchev–Trinajstić information content (AvgIpc) is 2.39. The van der Waals surface area contributed by atoms with Crippen molar-refractivity contribution in [1.29, 1.82) is 0 Å². The van der Waals surface area contributed by atoms with Gasteiger partial charge in [0.1, 0.15) is 5.75 Å². The third-order valence-electron chi connectivity index (χ3n) is 3.53. The first kappa shape index (κ1) is 10.9. The van der Waals surface area contributed by atoms with Gasteiger partial charge in [0.05, 0.1) is 19.8 Å². The lowest BCUT2D eigenvalue weighted by atomic mass is 9.98. The van der Waals surface area contributed by atoms with Crippen molar-refractivity contribution >= 4 is 5.69 Å². The fourth-order valence-electron chi connectivity index (χ4n) is 2.66. The number of ether oxygens (including phenoxy) is 2. The van der Waals surface area contributed by atoms with E-state index in [0.717, 1.165) is 50.8 Å². The van der Waals surface area contributed by atoms with Gasteiger partial charge in [0.2, 0.25) is 0 Å². The zero-order valence-electron chi connectivity index (χ0n) is 9.89. The Hall–Kier alpha value is -1.26. The van der Waals surface area contributed by atoms with Crippen molar-refractivity contribution in [2.45, 2.75) is 12.5 Å². The van der Waals surface area contributed by atoms with Crippen LogP contribution in [0.4, 0.5) is 5.69 Å². The predicted octanol–water partition coefficient (Wildman–Crippen LogP) is 1.42. The van der Waals surface area contributed by atoms with Gasteiger partial charge in [-0.15, -0.1) is 0 Å². The van der Waals surface area contributed by atoms with Crippen molar-refractivity contribution in [3.05, 3.63) is 23.8 Å². The second kappa shape index (κ2) is 4.55. The number of rotatable bonds is 1.